The van der Waals surface area contributed by atoms with Gasteiger partial charge in [-0.3, -0.25) is 0 Å². The van der Waals surface area contributed by atoms with E-state index in [1.807, 2.05) is 35.9 Å². The van der Waals surface area contributed by atoms with Gasteiger partial charge < -0.3 is 14.6 Å². The third-order valence-electron chi connectivity index (χ3n) is 3.05. The summed E-state index contributed by atoms with van der Waals surface area (Å²) in [7, 11) is -0.383. The van der Waals surface area contributed by atoms with E-state index in [2.05, 4.69) is 15.9 Å². The minimum Gasteiger partial charge on any atom is -0.489 e. The Bertz CT molecular complexity index is 358. The highest BCUT2D eigenvalue weighted by Crippen LogP contribution is 2.21. The van der Waals surface area contributed by atoms with Crippen molar-refractivity contribution in [3.8, 4) is 5.75 Å². The molecule has 3 nitrogen and oxygen atoms in total. The third-order valence-corrected chi connectivity index (χ3v) is 3.58. The average molecular weight is 298 g/mol. The highest BCUT2D eigenvalue weighted by Gasteiger charge is 2.25. The largest absolute Gasteiger partial charge is 0.489 e. The number of hydrogen-bond acceptors (Lipinski definition) is 3. The van der Waals surface area contributed by atoms with Gasteiger partial charge >= 0.3 is 7.05 Å². The van der Waals surface area contributed by atoms with Crippen LogP contribution in [0.3, 0.4) is 0 Å². The minimum atomic E-state index is -0.383. The molecule has 5 heteroatoms. The monoisotopic (exact) mass is 297 g/mol. The number of rotatable bonds is 3. The topological polar surface area (TPSA) is 32.7 Å². The second kappa shape index (κ2) is 5.89. The molecule has 1 aliphatic heterocycles. The molecular formula is C12H17BBrNO2. The van der Waals surface area contributed by atoms with Crippen LogP contribution in [0.15, 0.2) is 28.7 Å². The van der Waals surface area contributed by atoms with Crippen LogP contribution < -0.4 is 4.74 Å². The minimum absolute atomic E-state index is 0.180. The van der Waals surface area contributed by atoms with Crippen LogP contribution in [0.5, 0.6) is 5.75 Å². The van der Waals surface area contributed by atoms with Gasteiger partial charge in [0.1, 0.15) is 11.9 Å². The summed E-state index contributed by atoms with van der Waals surface area (Å²) in [6.45, 7) is 3.56. The number of piperidine rings is 1. The van der Waals surface area contributed by atoms with Crippen molar-refractivity contribution in [3.63, 3.8) is 0 Å². The van der Waals surface area contributed by atoms with Gasteiger partial charge in [0, 0.05) is 11.0 Å². The molecule has 2 rings (SSSR count). The van der Waals surface area contributed by atoms with Crippen LogP contribution in [0.1, 0.15) is 12.8 Å². The summed E-state index contributed by atoms with van der Waals surface area (Å²) >= 11 is 3.40. The molecule has 1 aromatic rings. The molecule has 1 saturated heterocycles. The van der Waals surface area contributed by atoms with Gasteiger partial charge in [-0.25, -0.2) is 0 Å². The zero-order chi connectivity index (χ0) is 12.3. The first-order valence-corrected chi connectivity index (χ1v) is 6.79. The summed E-state index contributed by atoms with van der Waals surface area (Å²) in [5, 5.41) is 9.56. The van der Waals surface area contributed by atoms with Crippen molar-refractivity contribution in [2.75, 3.05) is 13.1 Å². The first-order chi connectivity index (χ1) is 8.15. The van der Waals surface area contributed by atoms with Gasteiger partial charge in [0.2, 0.25) is 0 Å². The first kappa shape index (κ1) is 12.9. The zero-order valence-electron chi connectivity index (χ0n) is 9.97. The van der Waals surface area contributed by atoms with Gasteiger partial charge in [0.05, 0.1) is 0 Å². The van der Waals surface area contributed by atoms with E-state index in [-0.39, 0.29) is 13.2 Å². The van der Waals surface area contributed by atoms with Crippen LogP contribution in [-0.2, 0) is 0 Å². The van der Waals surface area contributed by atoms with Crippen molar-refractivity contribution < 1.29 is 9.76 Å². The molecule has 92 valence electrons. The maximum absolute atomic E-state index is 9.56. The second-order valence-corrected chi connectivity index (χ2v) is 5.38. The molecule has 1 aromatic carbocycles. The van der Waals surface area contributed by atoms with Gasteiger partial charge in [-0.2, -0.15) is 0 Å². The highest BCUT2D eigenvalue weighted by molar-refractivity contribution is 9.10. The first-order valence-electron chi connectivity index (χ1n) is 5.99. The van der Waals surface area contributed by atoms with Crippen LogP contribution >= 0.6 is 15.9 Å². The number of ether oxygens (including phenoxy) is 1. The molecule has 1 atom stereocenters. The van der Waals surface area contributed by atoms with Crippen molar-refractivity contribution >= 4 is 23.0 Å². The Morgan fingerprint density at radius 1 is 1.41 bits per heavy atom. The van der Waals surface area contributed by atoms with Gasteiger partial charge in [0.15, 0.2) is 0 Å². The van der Waals surface area contributed by atoms with E-state index in [1.54, 1.807) is 0 Å². The number of benzene rings is 1. The second-order valence-electron chi connectivity index (χ2n) is 4.46. The van der Waals surface area contributed by atoms with Crippen molar-refractivity contribution in [3.05, 3.63) is 28.7 Å². The lowest BCUT2D eigenvalue weighted by atomic mass is 9.82. The molecular weight excluding hydrogens is 281 g/mol. The number of hydrogen-bond donors (Lipinski definition) is 1. The summed E-state index contributed by atoms with van der Waals surface area (Å²) in [5.74, 6) is 0.894. The predicted octanol–water partition coefficient (Wildman–Crippen LogP) is 2.40. The quantitative estimate of drug-likeness (QED) is 0.870. The zero-order valence-corrected chi connectivity index (χ0v) is 11.6. The summed E-state index contributed by atoms with van der Waals surface area (Å²) in [6, 6.07) is 7.88. The van der Waals surface area contributed by atoms with Crippen molar-refractivity contribution in [2.24, 2.45) is 0 Å². The van der Waals surface area contributed by atoms with E-state index < -0.39 is 0 Å². The van der Waals surface area contributed by atoms with E-state index in [0.29, 0.717) is 0 Å². The fourth-order valence-corrected chi connectivity index (χ4v) is 2.37. The molecule has 0 unspecified atom stereocenters. The van der Waals surface area contributed by atoms with Crippen LogP contribution in [0, 0.1) is 0 Å². The van der Waals surface area contributed by atoms with E-state index >= 15 is 0 Å². The Labute approximate surface area is 111 Å². The van der Waals surface area contributed by atoms with Gasteiger partial charge in [-0.15, -0.1) is 0 Å². The maximum atomic E-state index is 9.56. The molecule has 0 radical (unpaired) electrons. The molecule has 0 aliphatic carbocycles. The van der Waals surface area contributed by atoms with Gasteiger partial charge in [-0.1, -0.05) is 15.9 Å². The van der Waals surface area contributed by atoms with Crippen LogP contribution in [0.4, 0.5) is 0 Å². The Balaban J connectivity index is 1.92. The molecule has 0 amide bonds. The van der Waals surface area contributed by atoms with Crippen molar-refractivity contribution in [1.29, 1.82) is 0 Å². The highest BCUT2D eigenvalue weighted by atomic mass is 79.9. The average Bonchev–Trinajstić information content (AvgIpc) is 2.32. The summed E-state index contributed by atoms with van der Waals surface area (Å²) < 4.78 is 6.97. The summed E-state index contributed by atoms with van der Waals surface area (Å²) in [4.78, 5) is 2.05. The number of nitrogens with zero attached hydrogens (tertiary/aromatic N) is 1. The van der Waals surface area contributed by atoms with Crippen LogP contribution in [0.2, 0.25) is 6.82 Å². The van der Waals surface area contributed by atoms with Crippen LogP contribution in [-0.4, -0.2) is 36.1 Å². The predicted molar refractivity (Wildman–Crippen MR) is 73.2 cm³/mol. The Hall–Kier alpha value is -0.515. The van der Waals surface area contributed by atoms with Crippen molar-refractivity contribution in [2.45, 2.75) is 25.8 Å². The van der Waals surface area contributed by atoms with Crippen LogP contribution in [0.25, 0.3) is 0 Å². The normalized spacial score (nSPS) is 21.2. The molecule has 17 heavy (non-hydrogen) atoms. The Morgan fingerprint density at radius 2 is 2.12 bits per heavy atom. The molecule has 1 fully saturated rings. The number of halogens is 1. The molecule has 0 saturated carbocycles. The maximum Gasteiger partial charge on any atom is 0.376 e. The lowest BCUT2D eigenvalue weighted by Crippen LogP contribution is -2.47. The Kier molecular flexibility index (Phi) is 4.48. The van der Waals surface area contributed by atoms with E-state index in [9.17, 15) is 5.02 Å². The molecule has 0 bridgehead atoms. The van der Waals surface area contributed by atoms with E-state index in [1.165, 1.54) is 0 Å². The lowest BCUT2D eigenvalue weighted by molar-refractivity contribution is 0.121. The smallest absolute Gasteiger partial charge is 0.376 e. The molecule has 0 spiro atoms. The lowest BCUT2D eigenvalue weighted by Gasteiger charge is -2.33. The summed E-state index contributed by atoms with van der Waals surface area (Å²) in [5.41, 5.74) is 0. The van der Waals surface area contributed by atoms with E-state index in [0.717, 1.165) is 36.2 Å². The molecule has 0 aromatic heterocycles. The van der Waals surface area contributed by atoms with Crippen molar-refractivity contribution in [1.82, 2.24) is 4.81 Å². The fourth-order valence-electron chi connectivity index (χ4n) is 2.11. The fraction of sp³-hybridized carbons (Fsp3) is 0.500. The standard InChI is InChI=1S/C12H17BBrNO2/c1-13(16)15-8-2-3-12(9-15)17-11-6-4-10(14)5-7-11/h4-7,12,16H,2-3,8-9H2,1H3/t12-/m1/s1. The third kappa shape index (κ3) is 3.73. The molecule has 1 N–H and O–H groups in total. The van der Waals surface area contributed by atoms with Gasteiger partial charge in [-0.05, 0) is 50.5 Å². The molecule has 1 heterocycles. The molecule has 1 aliphatic rings. The Morgan fingerprint density at radius 3 is 2.76 bits per heavy atom. The SMILES string of the molecule is CB(O)N1CCC[C@@H](Oc2ccc(Br)cc2)C1. The van der Waals surface area contributed by atoms with Gasteiger partial charge in [0.25, 0.3) is 0 Å². The van der Waals surface area contributed by atoms with E-state index in [4.69, 9.17) is 4.74 Å². The summed E-state index contributed by atoms with van der Waals surface area (Å²) in [6.07, 6.45) is 2.31.